The molecule has 4 aromatic rings. The first-order valence-electron chi connectivity index (χ1n) is 9.18. The summed E-state index contributed by atoms with van der Waals surface area (Å²) in [6.07, 6.45) is 1.89. The molecule has 0 aliphatic rings. The van der Waals surface area contributed by atoms with Gasteiger partial charge in [0.15, 0.2) is 0 Å². The fraction of sp³-hybridized carbons (Fsp3) is 0.0435. The molecule has 0 fully saturated rings. The van der Waals surface area contributed by atoms with E-state index in [2.05, 4.69) is 5.32 Å². The van der Waals surface area contributed by atoms with Crippen LogP contribution in [0.3, 0.4) is 0 Å². The minimum Gasteiger partial charge on any atom is -0.478 e. The molecule has 30 heavy (non-hydrogen) atoms. The van der Waals surface area contributed by atoms with Gasteiger partial charge in [0.05, 0.1) is 22.0 Å². The van der Waals surface area contributed by atoms with Crippen molar-refractivity contribution in [2.45, 2.75) is 6.54 Å². The van der Waals surface area contributed by atoms with Gasteiger partial charge in [-0.25, -0.2) is 13.9 Å². The van der Waals surface area contributed by atoms with Gasteiger partial charge >= 0.3 is 5.97 Å². The zero-order valence-electron chi connectivity index (χ0n) is 15.7. The van der Waals surface area contributed by atoms with Crippen molar-refractivity contribution in [1.82, 2.24) is 9.78 Å². The van der Waals surface area contributed by atoms with Crippen molar-refractivity contribution in [3.8, 4) is 16.9 Å². The Balaban J connectivity index is 1.67. The van der Waals surface area contributed by atoms with Gasteiger partial charge in [-0.3, -0.25) is 0 Å². The number of benzene rings is 3. The van der Waals surface area contributed by atoms with Gasteiger partial charge in [0, 0.05) is 29.6 Å². The highest BCUT2D eigenvalue weighted by molar-refractivity contribution is 6.31. The second-order valence-corrected chi connectivity index (χ2v) is 7.06. The topological polar surface area (TPSA) is 67.2 Å². The Bertz CT molecular complexity index is 1190. The van der Waals surface area contributed by atoms with E-state index in [1.807, 2.05) is 36.5 Å². The van der Waals surface area contributed by atoms with Crippen molar-refractivity contribution in [2.75, 3.05) is 5.32 Å². The lowest BCUT2D eigenvalue weighted by atomic mass is 10.1. The number of aromatic nitrogens is 2. The number of carbonyl (C=O) groups is 1. The van der Waals surface area contributed by atoms with Crippen LogP contribution in [0.25, 0.3) is 16.9 Å². The van der Waals surface area contributed by atoms with Crippen LogP contribution in [0.5, 0.6) is 0 Å². The van der Waals surface area contributed by atoms with Crippen molar-refractivity contribution < 1.29 is 14.3 Å². The van der Waals surface area contributed by atoms with Crippen molar-refractivity contribution in [3.63, 3.8) is 0 Å². The summed E-state index contributed by atoms with van der Waals surface area (Å²) < 4.78 is 15.1. The Morgan fingerprint density at radius 2 is 1.80 bits per heavy atom. The summed E-state index contributed by atoms with van der Waals surface area (Å²) >= 11 is 5.87. The van der Waals surface area contributed by atoms with Crippen LogP contribution in [-0.2, 0) is 6.54 Å². The molecule has 0 radical (unpaired) electrons. The minimum atomic E-state index is -0.977. The molecule has 1 heterocycles. The Hall–Kier alpha value is -3.64. The van der Waals surface area contributed by atoms with E-state index in [1.54, 1.807) is 35.0 Å². The lowest BCUT2D eigenvalue weighted by Crippen LogP contribution is -2.00. The normalized spacial score (nSPS) is 10.7. The van der Waals surface area contributed by atoms with E-state index in [0.29, 0.717) is 12.2 Å². The van der Waals surface area contributed by atoms with Gasteiger partial charge in [0.25, 0.3) is 0 Å². The maximum atomic E-state index is 13.4. The van der Waals surface area contributed by atoms with Crippen LogP contribution in [0.2, 0.25) is 5.02 Å². The number of carboxylic acids is 1. The summed E-state index contributed by atoms with van der Waals surface area (Å²) in [7, 11) is 0. The first-order chi connectivity index (χ1) is 14.5. The van der Waals surface area contributed by atoms with Crippen LogP contribution in [0.4, 0.5) is 10.1 Å². The molecule has 0 bridgehead atoms. The third-order valence-electron chi connectivity index (χ3n) is 4.62. The summed E-state index contributed by atoms with van der Waals surface area (Å²) in [6, 6.07) is 20.7. The largest absolute Gasteiger partial charge is 0.478 e. The van der Waals surface area contributed by atoms with E-state index >= 15 is 0 Å². The van der Waals surface area contributed by atoms with Crippen molar-refractivity contribution >= 4 is 23.3 Å². The Kier molecular flexibility index (Phi) is 5.50. The standard InChI is InChI=1S/C23H17ClFN3O2/c24-20-12-18(8-11-21(20)25)26-13-17-14-28(19-9-6-16(7-10-19)23(29)30)27-22(17)15-4-2-1-3-5-15/h1-12,14,26H,13H2,(H,29,30). The van der Waals surface area contributed by atoms with Crippen LogP contribution in [0.1, 0.15) is 15.9 Å². The van der Waals surface area contributed by atoms with Crippen molar-refractivity contribution in [2.24, 2.45) is 0 Å². The van der Waals surface area contributed by atoms with Crippen LogP contribution in [-0.4, -0.2) is 20.9 Å². The quantitative estimate of drug-likeness (QED) is 0.422. The molecule has 0 atom stereocenters. The lowest BCUT2D eigenvalue weighted by Gasteiger charge is -2.07. The molecule has 2 N–H and O–H groups in total. The average Bonchev–Trinajstić information content (AvgIpc) is 3.19. The number of hydrogen-bond acceptors (Lipinski definition) is 3. The summed E-state index contributed by atoms with van der Waals surface area (Å²) in [5, 5.41) is 17.1. The molecule has 0 unspecified atom stereocenters. The van der Waals surface area contributed by atoms with Crippen molar-refractivity contribution in [3.05, 3.63) is 101 Å². The van der Waals surface area contributed by atoms with Crippen molar-refractivity contribution in [1.29, 1.82) is 0 Å². The Morgan fingerprint density at radius 1 is 1.07 bits per heavy atom. The molecule has 0 spiro atoms. The fourth-order valence-electron chi connectivity index (χ4n) is 3.07. The van der Waals surface area contributed by atoms with Crippen LogP contribution >= 0.6 is 11.6 Å². The number of hydrogen-bond donors (Lipinski definition) is 2. The molecule has 0 amide bonds. The van der Waals surface area contributed by atoms with Crippen LogP contribution < -0.4 is 5.32 Å². The zero-order chi connectivity index (χ0) is 21.1. The summed E-state index contributed by atoms with van der Waals surface area (Å²) in [5.41, 5.74) is 4.31. The number of carboxylic acid groups (broad SMARTS) is 1. The molecular weight excluding hydrogens is 405 g/mol. The van der Waals surface area contributed by atoms with Gasteiger partial charge in [-0.05, 0) is 42.5 Å². The maximum absolute atomic E-state index is 13.4. The third-order valence-corrected chi connectivity index (χ3v) is 4.91. The molecule has 0 saturated heterocycles. The van der Waals surface area contributed by atoms with E-state index in [4.69, 9.17) is 21.8 Å². The first kappa shape index (κ1) is 19.7. The molecule has 0 aliphatic heterocycles. The maximum Gasteiger partial charge on any atom is 0.335 e. The smallest absolute Gasteiger partial charge is 0.335 e. The first-order valence-corrected chi connectivity index (χ1v) is 9.55. The summed E-state index contributed by atoms with van der Waals surface area (Å²) in [5.74, 6) is -1.44. The molecule has 5 nitrogen and oxygen atoms in total. The number of anilines is 1. The van der Waals surface area contributed by atoms with E-state index in [0.717, 1.165) is 22.5 Å². The Morgan fingerprint density at radius 3 is 2.47 bits per heavy atom. The number of aromatic carboxylic acids is 1. The van der Waals surface area contributed by atoms with Crippen LogP contribution in [0, 0.1) is 5.82 Å². The van der Waals surface area contributed by atoms with Gasteiger partial charge in [-0.1, -0.05) is 41.9 Å². The second kappa shape index (κ2) is 8.39. The van der Waals surface area contributed by atoms with Gasteiger partial charge in [0.1, 0.15) is 5.82 Å². The highest BCUT2D eigenvalue weighted by Crippen LogP contribution is 2.26. The summed E-state index contributed by atoms with van der Waals surface area (Å²) in [6.45, 7) is 0.444. The number of rotatable bonds is 6. The molecule has 7 heteroatoms. The predicted molar refractivity (Wildman–Crippen MR) is 115 cm³/mol. The van der Waals surface area contributed by atoms with Gasteiger partial charge in [0.2, 0.25) is 0 Å². The molecule has 1 aromatic heterocycles. The summed E-state index contributed by atoms with van der Waals surface area (Å²) in [4.78, 5) is 11.1. The molecule has 0 saturated carbocycles. The molecule has 150 valence electrons. The average molecular weight is 422 g/mol. The lowest BCUT2D eigenvalue weighted by molar-refractivity contribution is 0.0697. The SMILES string of the molecule is O=C(O)c1ccc(-n2cc(CNc3ccc(F)c(Cl)c3)c(-c3ccccc3)n2)cc1. The monoisotopic (exact) mass is 421 g/mol. The third kappa shape index (κ3) is 4.18. The zero-order valence-corrected chi connectivity index (χ0v) is 16.5. The number of nitrogens with one attached hydrogen (secondary N) is 1. The predicted octanol–water partition coefficient (Wildman–Crippen LogP) is 5.64. The van der Waals surface area contributed by atoms with E-state index in [9.17, 15) is 9.18 Å². The Labute approximate surface area is 177 Å². The highest BCUT2D eigenvalue weighted by atomic mass is 35.5. The molecule has 3 aromatic carbocycles. The minimum absolute atomic E-state index is 0.0532. The van der Waals surface area contributed by atoms with Gasteiger partial charge in [-0.2, -0.15) is 5.10 Å². The van der Waals surface area contributed by atoms with E-state index < -0.39 is 11.8 Å². The van der Waals surface area contributed by atoms with Gasteiger partial charge < -0.3 is 10.4 Å². The highest BCUT2D eigenvalue weighted by Gasteiger charge is 2.13. The number of halogens is 2. The van der Waals surface area contributed by atoms with E-state index in [-0.39, 0.29) is 10.6 Å². The second-order valence-electron chi connectivity index (χ2n) is 6.65. The molecular formula is C23H17ClFN3O2. The molecule has 4 rings (SSSR count). The molecule has 0 aliphatic carbocycles. The number of nitrogens with zero attached hydrogens (tertiary/aromatic N) is 2. The van der Waals surface area contributed by atoms with Gasteiger partial charge in [-0.15, -0.1) is 0 Å². The van der Waals surface area contributed by atoms with Crippen LogP contribution in [0.15, 0.2) is 79.0 Å². The fourth-order valence-corrected chi connectivity index (χ4v) is 3.25. The van der Waals surface area contributed by atoms with E-state index in [1.165, 1.54) is 12.1 Å².